The third-order valence-corrected chi connectivity index (χ3v) is 4.81. The molecule has 2 rings (SSSR count). The molecular weight excluding hydrogens is 304 g/mol. The number of alkyl halides is 1. The van der Waals surface area contributed by atoms with Crippen molar-refractivity contribution < 1.29 is 19.4 Å². The average Bonchev–Trinajstić information content (AvgIpc) is 2.67. The van der Waals surface area contributed by atoms with Crippen LogP contribution in [0.3, 0.4) is 0 Å². The van der Waals surface area contributed by atoms with Gasteiger partial charge in [0.2, 0.25) is 0 Å². The van der Waals surface area contributed by atoms with Crippen LogP contribution in [0, 0.1) is 5.41 Å². The van der Waals surface area contributed by atoms with Crippen LogP contribution in [0.4, 0.5) is 0 Å². The van der Waals surface area contributed by atoms with Gasteiger partial charge < -0.3 is 14.6 Å². The van der Waals surface area contributed by atoms with E-state index < -0.39 is 22.9 Å². The Morgan fingerprint density at radius 3 is 2.45 bits per heavy atom. The molecule has 1 N–H and O–H groups in total. The molecule has 0 amide bonds. The van der Waals surface area contributed by atoms with E-state index in [1.165, 1.54) is 0 Å². The lowest BCUT2D eigenvalue weighted by molar-refractivity contribution is -0.267. The minimum atomic E-state index is -1.43. The Morgan fingerprint density at radius 2 is 1.91 bits per heavy atom. The normalized spacial score (nSPS) is 30.3. The summed E-state index contributed by atoms with van der Waals surface area (Å²) in [5, 5.41) is 10.9. The van der Waals surface area contributed by atoms with Crippen LogP contribution in [-0.4, -0.2) is 35.3 Å². The van der Waals surface area contributed by atoms with Crippen molar-refractivity contribution in [3.8, 4) is 0 Å². The molecule has 4 nitrogen and oxygen atoms in total. The minimum absolute atomic E-state index is 0.182. The highest BCUT2D eigenvalue weighted by molar-refractivity contribution is 6.17. The van der Waals surface area contributed by atoms with Crippen molar-refractivity contribution in [3.05, 3.63) is 35.9 Å². The van der Waals surface area contributed by atoms with Gasteiger partial charge in [0.25, 0.3) is 0 Å². The molecule has 0 aliphatic carbocycles. The van der Waals surface area contributed by atoms with Gasteiger partial charge in [-0.2, -0.15) is 0 Å². The molecule has 122 valence electrons. The zero-order chi connectivity index (χ0) is 16.6. The van der Waals surface area contributed by atoms with Crippen LogP contribution < -0.4 is 0 Å². The maximum Gasteiger partial charge on any atom is 0.178 e. The van der Waals surface area contributed by atoms with Crippen LogP contribution >= 0.6 is 11.6 Å². The Morgan fingerprint density at radius 1 is 1.32 bits per heavy atom. The Hall–Kier alpha value is -0.940. The molecule has 1 aliphatic rings. The number of hydrogen-bond donors (Lipinski definition) is 1. The molecule has 0 spiro atoms. The van der Waals surface area contributed by atoms with Crippen molar-refractivity contribution in [2.75, 3.05) is 12.5 Å². The molecule has 3 unspecified atom stereocenters. The minimum Gasteiger partial charge on any atom is -0.382 e. The van der Waals surface area contributed by atoms with Crippen LogP contribution in [0.15, 0.2) is 30.3 Å². The van der Waals surface area contributed by atoms with Crippen molar-refractivity contribution in [1.82, 2.24) is 0 Å². The highest BCUT2D eigenvalue weighted by Crippen LogP contribution is 2.48. The molecule has 1 fully saturated rings. The fraction of sp³-hybridized carbons (Fsp3) is 0.588. The van der Waals surface area contributed by atoms with E-state index in [0.717, 1.165) is 0 Å². The fourth-order valence-electron chi connectivity index (χ4n) is 2.72. The van der Waals surface area contributed by atoms with Gasteiger partial charge in [-0.3, -0.25) is 4.79 Å². The van der Waals surface area contributed by atoms with Crippen molar-refractivity contribution >= 4 is 17.4 Å². The average molecular weight is 327 g/mol. The Kier molecular flexibility index (Phi) is 4.69. The largest absolute Gasteiger partial charge is 0.382 e. The number of hydrogen-bond acceptors (Lipinski definition) is 4. The zero-order valence-electron chi connectivity index (χ0n) is 13.4. The lowest BCUT2D eigenvalue weighted by Gasteiger charge is -2.35. The monoisotopic (exact) mass is 326 g/mol. The second kappa shape index (κ2) is 5.93. The summed E-state index contributed by atoms with van der Waals surface area (Å²) in [4.78, 5) is 12.8. The van der Waals surface area contributed by atoms with Gasteiger partial charge in [-0.1, -0.05) is 30.3 Å². The molecule has 3 atom stereocenters. The summed E-state index contributed by atoms with van der Waals surface area (Å²) in [6, 6.07) is 9.04. The lowest BCUT2D eigenvalue weighted by Crippen LogP contribution is -2.44. The SMILES string of the molecule is CC(O)(c1ccccc1)C1OC(C)(OCCCl)C(C)(C)C1=O. The van der Waals surface area contributed by atoms with Gasteiger partial charge in [-0.15, -0.1) is 11.6 Å². The topological polar surface area (TPSA) is 55.8 Å². The van der Waals surface area contributed by atoms with Gasteiger partial charge in [0.05, 0.1) is 12.0 Å². The van der Waals surface area contributed by atoms with Crippen LogP contribution in [0.1, 0.15) is 33.3 Å². The Bertz CT molecular complexity index is 541. The first-order chi connectivity index (χ1) is 10.2. The molecule has 1 aromatic carbocycles. The molecular formula is C17H23ClO4. The van der Waals surface area contributed by atoms with E-state index in [2.05, 4.69) is 0 Å². The predicted molar refractivity (Wildman–Crippen MR) is 84.8 cm³/mol. The number of carbonyl (C=O) groups excluding carboxylic acids is 1. The predicted octanol–water partition coefficient (Wildman–Crippen LogP) is 2.86. The van der Waals surface area contributed by atoms with Gasteiger partial charge >= 0.3 is 0 Å². The number of ether oxygens (including phenoxy) is 2. The van der Waals surface area contributed by atoms with Crippen molar-refractivity contribution in [1.29, 1.82) is 0 Å². The highest BCUT2D eigenvalue weighted by Gasteiger charge is 2.63. The van der Waals surface area contributed by atoms with Gasteiger partial charge in [0, 0.05) is 5.88 Å². The summed E-state index contributed by atoms with van der Waals surface area (Å²) in [5.41, 5.74) is -1.69. The van der Waals surface area contributed by atoms with Gasteiger partial charge in [0.15, 0.2) is 17.7 Å². The third kappa shape index (κ3) is 2.69. The summed E-state index contributed by atoms with van der Waals surface area (Å²) in [7, 11) is 0. The first-order valence-electron chi connectivity index (χ1n) is 7.37. The molecule has 0 bridgehead atoms. The van der Waals surface area contributed by atoms with Crippen molar-refractivity contribution in [2.45, 2.75) is 45.2 Å². The Labute approximate surface area is 136 Å². The molecule has 0 aromatic heterocycles. The zero-order valence-corrected chi connectivity index (χ0v) is 14.2. The van der Waals surface area contributed by atoms with Crippen LogP contribution in [0.2, 0.25) is 0 Å². The van der Waals surface area contributed by atoms with E-state index in [4.69, 9.17) is 21.1 Å². The van der Waals surface area contributed by atoms with E-state index in [1.807, 2.05) is 18.2 Å². The number of aliphatic hydroxyl groups is 1. The first kappa shape index (κ1) is 17.4. The number of halogens is 1. The maximum atomic E-state index is 12.8. The summed E-state index contributed by atoms with van der Waals surface area (Å²) in [6.07, 6.45) is -0.995. The number of carbonyl (C=O) groups is 1. The summed E-state index contributed by atoms with van der Waals surface area (Å²) in [6.45, 7) is 7.12. The van der Waals surface area contributed by atoms with Crippen LogP contribution in [0.25, 0.3) is 0 Å². The number of benzene rings is 1. The molecule has 5 heteroatoms. The number of rotatable bonds is 5. The van der Waals surface area contributed by atoms with E-state index in [1.54, 1.807) is 39.8 Å². The lowest BCUT2D eigenvalue weighted by atomic mass is 9.77. The molecule has 0 saturated carbocycles. The molecule has 1 heterocycles. The van der Waals surface area contributed by atoms with Crippen LogP contribution in [0.5, 0.6) is 0 Å². The van der Waals surface area contributed by atoms with Crippen molar-refractivity contribution in [3.63, 3.8) is 0 Å². The van der Waals surface area contributed by atoms with Gasteiger partial charge in [-0.05, 0) is 33.3 Å². The van der Waals surface area contributed by atoms with E-state index in [9.17, 15) is 9.90 Å². The van der Waals surface area contributed by atoms with E-state index >= 15 is 0 Å². The molecule has 0 radical (unpaired) electrons. The molecule has 1 saturated heterocycles. The number of Topliss-reactive ketones (excluding diaryl/α,β-unsaturated/α-hetero) is 1. The number of ketones is 1. The van der Waals surface area contributed by atoms with E-state index in [0.29, 0.717) is 11.4 Å². The smallest absolute Gasteiger partial charge is 0.178 e. The standard InChI is InChI=1S/C17H23ClO4/c1-15(2)13(19)14(22-17(15,4)21-11-10-18)16(3,20)12-8-6-5-7-9-12/h5-9,14,20H,10-11H2,1-4H3. The Balaban J connectivity index is 2.36. The molecule has 1 aliphatic heterocycles. The van der Waals surface area contributed by atoms with Gasteiger partial charge in [-0.25, -0.2) is 0 Å². The molecule has 22 heavy (non-hydrogen) atoms. The summed E-state index contributed by atoms with van der Waals surface area (Å²) in [5.74, 6) is -0.996. The van der Waals surface area contributed by atoms with Gasteiger partial charge in [0.1, 0.15) is 5.60 Å². The van der Waals surface area contributed by atoms with Crippen LogP contribution in [-0.2, 0) is 19.9 Å². The second-order valence-electron chi connectivity index (χ2n) is 6.48. The second-order valence-corrected chi connectivity index (χ2v) is 6.86. The summed E-state index contributed by atoms with van der Waals surface area (Å²) >= 11 is 5.68. The quantitative estimate of drug-likeness (QED) is 0.845. The van der Waals surface area contributed by atoms with E-state index in [-0.39, 0.29) is 12.4 Å². The summed E-state index contributed by atoms with van der Waals surface area (Å²) < 4.78 is 11.6. The molecule has 1 aromatic rings. The van der Waals surface area contributed by atoms with Crippen molar-refractivity contribution in [2.24, 2.45) is 5.41 Å². The first-order valence-corrected chi connectivity index (χ1v) is 7.90. The highest BCUT2D eigenvalue weighted by atomic mass is 35.5. The fourth-order valence-corrected chi connectivity index (χ4v) is 2.80. The third-order valence-electron chi connectivity index (χ3n) is 4.66. The maximum absolute atomic E-state index is 12.8.